The summed E-state index contributed by atoms with van der Waals surface area (Å²) in [5, 5.41) is 5.77. The molecule has 1 heterocycles. The van der Waals surface area contributed by atoms with E-state index in [4.69, 9.17) is 0 Å². The fraction of sp³-hybridized carbons (Fsp3) is 0.154. The molecule has 174 valence electrons. The predicted octanol–water partition coefficient (Wildman–Crippen LogP) is 1.28. The number of nitrogens with zero attached hydrogens (tertiary/aromatic N) is 3. The third-order valence-electron chi connectivity index (χ3n) is 5.63. The fourth-order valence-electron chi connectivity index (χ4n) is 3.82. The molecule has 0 saturated heterocycles. The van der Waals surface area contributed by atoms with Gasteiger partial charge in [0.1, 0.15) is 15.8 Å². The van der Waals surface area contributed by atoms with Crippen LogP contribution in [0.3, 0.4) is 0 Å². The van der Waals surface area contributed by atoms with Gasteiger partial charge in [-0.2, -0.15) is 10.1 Å². The Balaban J connectivity index is 0.00000342. The van der Waals surface area contributed by atoms with Crippen molar-refractivity contribution >= 4 is 39.2 Å². The molecule has 0 N–H and O–H groups in total. The van der Waals surface area contributed by atoms with Crippen LogP contribution in [0.5, 0.6) is 0 Å². The summed E-state index contributed by atoms with van der Waals surface area (Å²) in [6, 6.07) is 22.5. The standard InChI is InChI=1S/C26H25N3O4S.K/c1-3-28(4-2)21-12-10-19(11-13-21)18-24-25(20-8-6-5-7-9-20)27-29(26(24)30)22-14-16-23(17-15-22)34(31,32)33;/h5-18H,3-4H2,1-2H3,(H,31,32,33);/q;+1/p-1. The van der Waals surface area contributed by atoms with Gasteiger partial charge in [-0.15, -0.1) is 0 Å². The maximum absolute atomic E-state index is 13.4. The van der Waals surface area contributed by atoms with Crippen molar-refractivity contribution in [1.29, 1.82) is 0 Å². The summed E-state index contributed by atoms with van der Waals surface area (Å²) in [5.74, 6) is -0.343. The van der Waals surface area contributed by atoms with Crippen molar-refractivity contribution in [1.82, 2.24) is 0 Å². The summed E-state index contributed by atoms with van der Waals surface area (Å²) in [4.78, 5) is 15.3. The Labute approximate surface area is 248 Å². The van der Waals surface area contributed by atoms with Crippen molar-refractivity contribution in [2.45, 2.75) is 18.7 Å². The number of anilines is 2. The molecular formula is C26H24KN3O4S. The average molecular weight is 514 g/mol. The SMILES string of the molecule is CCN(CC)c1ccc(C=C2C(=O)N(c3ccc(S(=O)(=O)[O-])cc3)N=C2c2ccccc2)cc1.[K+]. The van der Waals surface area contributed by atoms with E-state index in [1.165, 1.54) is 29.3 Å². The molecule has 0 saturated carbocycles. The third-order valence-corrected chi connectivity index (χ3v) is 6.48. The van der Waals surface area contributed by atoms with Crippen LogP contribution < -0.4 is 61.3 Å². The van der Waals surface area contributed by atoms with Crippen LogP contribution in [0.25, 0.3) is 6.08 Å². The van der Waals surface area contributed by atoms with Crippen molar-refractivity contribution in [3.8, 4) is 0 Å². The van der Waals surface area contributed by atoms with Gasteiger partial charge >= 0.3 is 51.4 Å². The molecule has 1 aliphatic rings. The van der Waals surface area contributed by atoms with Crippen LogP contribution in [-0.2, 0) is 14.9 Å². The van der Waals surface area contributed by atoms with Gasteiger partial charge in [0.15, 0.2) is 0 Å². The molecule has 0 atom stereocenters. The van der Waals surface area contributed by atoms with Gasteiger partial charge in [0, 0.05) is 24.3 Å². The van der Waals surface area contributed by atoms with Crippen LogP contribution >= 0.6 is 0 Å². The predicted molar refractivity (Wildman–Crippen MR) is 133 cm³/mol. The molecule has 35 heavy (non-hydrogen) atoms. The minimum atomic E-state index is -4.58. The molecule has 7 nitrogen and oxygen atoms in total. The second kappa shape index (κ2) is 11.7. The minimum Gasteiger partial charge on any atom is -0.744 e. The van der Waals surface area contributed by atoms with Crippen LogP contribution in [0.2, 0.25) is 0 Å². The van der Waals surface area contributed by atoms with Crippen LogP contribution in [0.15, 0.2) is 94.4 Å². The Bertz CT molecular complexity index is 1350. The molecule has 0 bridgehead atoms. The van der Waals surface area contributed by atoms with Crippen molar-refractivity contribution in [3.05, 3.63) is 95.6 Å². The molecule has 3 aromatic rings. The topological polar surface area (TPSA) is 93.1 Å². The Morgan fingerprint density at radius 3 is 2.06 bits per heavy atom. The van der Waals surface area contributed by atoms with Gasteiger partial charge in [-0.1, -0.05) is 42.5 Å². The molecule has 0 aliphatic carbocycles. The summed E-state index contributed by atoms with van der Waals surface area (Å²) < 4.78 is 33.8. The summed E-state index contributed by atoms with van der Waals surface area (Å²) in [5.41, 5.74) is 4.05. The maximum Gasteiger partial charge on any atom is 1.00 e. The number of hydrogen-bond donors (Lipinski definition) is 0. The van der Waals surface area contributed by atoms with Crippen molar-refractivity contribution < 1.29 is 69.1 Å². The molecule has 0 aromatic heterocycles. The smallest absolute Gasteiger partial charge is 0.744 e. The Hall–Kier alpha value is -2.11. The number of hydrazone groups is 1. The third kappa shape index (κ3) is 6.18. The molecule has 1 aliphatic heterocycles. The summed E-state index contributed by atoms with van der Waals surface area (Å²) in [6.07, 6.45) is 1.80. The zero-order valence-electron chi connectivity index (χ0n) is 19.9. The van der Waals surface area contributed by atoms with Crippen LogP contribution in [0, 0.1) is 0 Å². The monoisotopic (exact) mass is 513 g/mol. The zero-order valence-corrected chi connectivity index (χ0v) is 23.8. The number of rotatable bonds is 7. The van der Waals surface area contributed by atoms with Crippen LogP contribution in [0.4, 0.5) is 11.4 Å². The summed E-state index contributed by atoms with van der Waals surface area (Å²) >= 11 is 0. The van der Waals surface area contributed by atoms with Crippen molar-refractivity contribution in [2.75, 3.05) is 23.0 Å². The van der Waals surface area contributed by atoms with E-state index < -0.39 is 10.1 Å². The van der Waals surface area contributed by atoms with Gasteiger partial charge in [-0.3, -0.25) is 4.79 Å². The fourth-order valence-corrected chi connectivity index (χ4v) is 4.29. The average Bonchev–Trinajstić information content (AvgIpc) is 3.17. The van der Waals surface area contributed by atoms with E-state index in [9.17, 15) is 17.8 Å². The molecule has 3 aromatic carbocycles. The van der Waals surface area contributed by atoms with E-state index in [1.54, 1.807) is 6.08 Å². The first-order valence-electron chi connectivity index (χ1n) is 10.9. The zero-order chi connectivity index (χ0) is 24.3. The molecule has 1 amide bonds. The van der Waals surface area contributed by atoms with Crippen LogP contribution in [-0.4, -0.2) is 37.7 Å². The van der Waals surface area contributed by atoms with Gasteiger partial charge < -0.3 is 9.45 Å². The Kier molecular flexibility index (Phi) is 9.22. The second-order valence-corrected chi connectivity index (χ2v) is 9.08. The Morgan fingerprint density at radius 1 is 0.914 bits per heavy atom. The molecular weight excluding hydrogens is 489 g/mol. The quantitative estimate of drug-likeness (QED) is 0.270. The number of benzene rings is 3. The summed E-state index contributed by atoms with van der Waals surface area (Å²) in [7, 11) is -4.58. The minimum absolute atomic E-state index is 0. The van der Waals surface area contributed by atoms with Gasteiger partial charge in [0.25, 0.3) is 5.91 Å². The Morgan fingerprint density at radius 2 is 1.51 bits per heavy atom. The number of carbonyl (C=O) groups excluding carboxylic acids is 1. The van der Waals surface area contributed by atoms with E-state index in [0.717, 1.165) is 29.9 Å². The first-order valence-corrected chi connectivity index (χ1v) is 12.3. The second-order valence-electron chi connectivity index (χ2n) is 7.70. The van der Waals surface area contributed by atoms with Gasteiger partial charge in [-0.05, 0) is 61.9 Å². The molecule has 9 heteroatoms. The molecule has 0 unspecified atom stereocenters. The van der Waals surface area contributed by atoms with Crippen molar-refractivity contribution in [2.24, 2.45) is 5.10 Å². The number of hydrogen-bond acceptors (Lipinski definition) is 6. The van der Waals surface area contributed by atoms with E-state index in [2.05, 4.69) is 23.8 Å². The molecule has 0 spiro atoms. The summed E-state index contributed by atoms with van der Waals surface area (Å²) in [6.45, 7) is 6.02. The normalized spacial score (nSPS) is 14.6. The van der Waals surface area contributed by atoms with E-state index >= 15 is 0 Å². The molecule has 4 rings (SSSR count). The first kappa shape index (κ1) is 27.5. The number of carbonyl (C=O) groups is 1. The van der Waals surface area contributed by atoms with Crippen LogP contribution in [0.1, 0.15) is 25.0 Å². The van der Waals surface area contributed by atoms with E-state index in [1.807, 2.05) is 54.6 Å². The van der Waals surface area contributed by atoms with Gasteiger partial charge in [0.2, 0.25) is 0 Å². The largest absolute Gasteiger partial charge is 1.00 e. The first-order chi connectivity index (χ1) is 16.3. The molecule has 0 radical (unpaired) electrons. The van der Waals surface area contributed by atoms with E-state index in [0.29, 0.717) is 17.0 Å². The van der Waals surface area contributed by atoms with Gasteiger partial charge in [0.05, 0.1) is 16.2 Å². The van der Waals surface area contributed by atoms with Crippen molar-refractivity contribution in [3.63, 3.8) is 0 Å². The van der Waals surface area contributed by atoms with E-state index in [-0.39, 0.29) is 62.2 Å². The molecule has 0 fully saturated rings. The number of amides is 1. The van der Waals surface area contributed by atoms with Gasteiger partial charge in [-0.25, -0.2) is 8.42 Å². The maximum atomic E-state index is 13.4.